The third-order valence-corrected chi connectivity index (χ3v) is 2.19. The molecule has 2 aromatic rings. The maximum Gasteiger partial charge on any atom is 0.340 e. The molecule has 0 unspecified atom stereocenters. The fourth-order valence-corrected chi connectivity index (χ4v) is 1.53. The molecule has 17 heavy (non-hydrogen) atoms. The van der Waals surface area contributed by atoms with Gasteiger partial charge >= 0.3 is 5.97 Å². The van der Waals surface area contributed by atoms with Crippen LogP contribution in [0, 0.1) is 0 Å². The first kappa shape index (κ1) is 15.6. The van der Waals surface area contributed by atoms with Crippen molar-refractivity contribution < 1.29 is 14.7 Å². The summed E-state index contributed by atoms with van der Waals surface area (Å²) < 4.78 is 5.82. The van der Waals surface area contributed by atoms with Crippen LogP contribution in [0.3, 0.4) is 0 Å². The van der Waals surface area contributed by atoms with Crippen LogP contribution in [0.25, 0.3) is 10.9 Å². The van der Waals surface area contributed by atoms with Crippen LogP contribution in [0.2, 0.25) is 0 Å². The minimum atomic E-state index is -0.415. The van der Waals surface area contributed by atoms with Crippen LogP contribution in [-0.4, -0.2) is 22.5 Å². The van der Waals surface area contributed by atoms with Crippen LogP contribution in [-0.2, 0) is 4.74 Å². The molecule has 0 radical (unpaired) electrons. The summed E-state index contributed by atoms with van der Waals surface area (Å²) in [6, 6.07) is 7.11. The lowest BCUT2D eigenvalue weighted by molar-refractivity contribution is 0.0526. The molecule has 0 spiro atoms. The van der Waals surface area contributed by atoms with Crippen molar-refractivity contribution in [3.8, 4) is 0 Å². The number of carbonyl (C=O) groups is 1. The standard InChI is InChI=1S/C11H11NO3.2ClH/c1-2-15-11(13)9-7-12(14)10-6-4-3-5-8(9)10;;/h3-7,14H,2H2,1H3;2*1H. The smallest absolute Gasteiger partial charge is 0.340 e. The van der Waals surface area contributed by atoms with Gasteiger partial charge in [0, 0.05) is 5.39 Å². The van der Waals surface area contributed by atoms with Crippen molar-refractivity contribution in [3.05, 3.63) is 36.0 Å². The van der Waals surface area contributed by atoms with Crippen molar-refractivity contribution in [2.24, 2.45) is 0 Å². The van der Waals surface area contributed by atoms with Crippen molar-refractivity contribution in [2.45, 2.75) is 6.92 Å². The summed E-state index contributed by atoms with van der Waals surface area (Å²) >= 11 is 0. The Bertz CT molecular complexity index is 510. The topological polar surface area (TPSA) is 51.5 Å². The lowest BCUT2D eigenvalue weighted by Gasteiger charge is -1.98. The molecule has 1 heterocycles. The average molecular weight is 278 g/mol. The normalized spacial score (nSPS) is 9.24. The first-order valence-electron chi connectivity index (χ1n) is 4.70. The first-order valence-corrected chi connectivity index (χ1v) is 4.70. The van der Waals surface area contributed by atoms with Gasteiger partial charge in [0.1, 0.15) is 0 Å². The molecule has 0 aliphatic rings. The molecule has 0 saturated carbocycles. The number of carbonyl (C=O) groups excluding carboxylic acids is 1. The zero-order chi connectivity index (χ0) is 10.8. The second-order valence-corrected chi connectivity index (χ2v) is 3.12. The molecule has 0 saturated heterocycles. The Hall–Kier alpha value is -1.39. The Morgan fingerprint density at radius 3 is 2.65 bits per heavy atom. The van der Waals surface area contributed by atoms with E-state index in [1.807, 2.05) is 6.07 Å². The molecule has 0 aliphatic carbocycles. The van der Waals surface area contributed by atoms with Gasteiger partial charge in [0.05, 0.1) is 23.9 Å². The van der Waals surface area contributed by atoms with Crippen molar-refractivity contribution in [3.63, 3.8) is 0 Å². The molecule has 2 rings (SSSR count). The summed E-state index contributed by atoms with van der Waals surface area (Å²) in [5.74, 6) is -0.415. The Morgan fingerprint density at radius 2 is 2.00 bits per heavy atom. The predicted octanol–water partition coefficient (Wildman–Crippen LogP) is 2.90. The zero-order valence-electron chi connectivity index (χ0n) is 9.12. The number of halogens is 2. The van der Waals surface area contributed by atoms with Gasteiger partial charge in [-0.15, -0.1) is 24.8 Å². The highest BCUT2D eigenvalue weighted by molar-refractivity contribution is 6.04. The summed E-state index contributed by atoms with van der Waals surface area (Å²) in [6.45, 7) is 2.07. The predicted molar refractivity (Wildman–Crippen MR) is 69.6 cm³/mol. The van der Waals surface area contributed by atoms with E-state index >= 15 is 0 Å². The number of nitrogens with zero attached hydrogens (tertiary/aromatic N) is 1. The SMILES string of the molecule is CCOC(=O)c1cn(O)c2ccccc12.Cl.Cl. The molecule has 1 N–H and O–H groups in total. The van der Waals surface area contributed by atoms with Crippen LogP contribution in [0.5, 0.6) is 0 Å². The van der Waals surface area contributed by atoms with Gasteiger partial charge in [0.25, 0.3) is 0 Å². The summed E-state index contributed by atoms with van der Waals surface area (Å²) in [4.78, 5) is 11.5. The number of hydrogen-bond donors (Lipinski definition) is 1. The van der Waals surface area contributed by atoms with Crippen molar-refractivity contribution >= 4 is 41.7 Å². The summed E-state index contributed by atoms with van der Waals surface area (Å²) in [6.07, 6.45) is 1.36. The van der Waals surface area contributed by atoms with E-state index in [0.717, 1.165) is 4.73 Å². The number of aromatic nitrogens is 1. The van der Waals surface area contributed by atoms with E-state index in [9.17, 15) is 10.0 Å². The Kier molecular flexibility index (Phi) is 5.85. The van der Waals surface area contributed by atoms with Gasteiger partial charge in [-0.3, -0.25) is 0 Å². The molecule has 0 aliphatic heterocycles. The molecule has 0 fully saturated rings. The number of ether oxygens (including phenoxy) is 1. The second kappa shape index (κ2) is 6.37. The van der Waals surface area contributed by atoms with Gasteiger partial charge in [0.15, 0.2) is 0 Å². The highest BCUT2D eigenvalue weighted by Gasteiger charge is 2.14. The quantitative estimate of drug-likeness (QED) is 0.678. The Balaban J connectivity index is 0.00000128. The van der Waals surface area contributed by atoms with E-state index in [4.69, 9.17) is 4.74 Å². The molecule has 6 heteroatoms. The Morgan fingerprint density at radius 1 is 1.35 bits per heavy atom. The van der Waals surface area contributed by atoms with Gasteiger partial charge in [-0.1, -0.05) is 18.2 Å². The number of esters is 1. The third kappa shape index (κ3) is 2.84. The number of hydrogen-bond acceptors (Lipinski definition) is 3. The number of benzene rings is 1. The van der Waals surface area contributed by atoms with E-state index in [-0.39, 0.29) is 24.8 Å². The first-order chi connectivity index (χ1) is 7.24. The highest BCUT2D eigenvalue weighted by Crippen LogP contribution is 2.20. The molecule has 0 amide bonds. The van der Waals surface area contributed by atoms with E-state index in [0.29, 0.717) is 23.1 Å². The van der Waals surface area contributed by atoms with Crippen molar-refractivity contribution in [1.82, 2.24) is 4.73 Å². The second-order valence-electron chi connectivity index (χ2n) is 3.12. The van der Waals surface area contributed by atoms with Gasteiger partial charge < -0.3 is 9.94 Å². The Labute approximate surface area is 111 Å². The molecule has 0 bridgehead atoms. The van der Waals surface area contributed by atoms with E-state index in [1.54, 1.807) is 25.1 Å². The maximum absolute atomic E-state index is 11.5. The van der Waals surface area contributed by atoms with Gasteiger partial charge in [0.2, 0.25) is 0 Å². The molecular formula is C11H13Cl2NO3. The number of para-hydroxylation sites is 1. The molecule has 0 atom stereocenters. The van der Waals surface area contributed by atoms with E-state index in [1.165, 1.54) is 6.20 Å². The highest BCUT2D eigenvalue weighted by atomic mass is 35.5. The van der Waals surface area contributed by atoms with Crippen LogP contribution in [0.4, 0.5) is 0 Å². The van der Waals surface area contributed by atoms with Crippen LogP contribution < -0.4 is 0 Å². The molecular weight excluding hydrogens is 265 g/mol. The van der Waals surface area contributed by atoms with E-state index < -0.39 is 5.97 Å². The number of rotatable bonds is 2. The maximum atomic E-state index is 11.5. The summed E-state index contributed by atoms with van der Waals surface area (Å²) in [5.41, 5.74) is 0.982. The van der Waals surface area contributed by atoms with Gasteiger partial charge in [-0.2, -0.15) is 4.73 Å². The minimum absolute atomic E-state index is 0. The molecule has 1 aromatic heterocycles. The lowest BCUT2D eigenvalue weighted by atomic mass is 10.2. The van der Waals surface area contributed by atoms with E-state index in [2.05, 4.69) is 0 Å². The fourth-order valence-electron chi connectivity index (χ4n) is 1.53. The van der Waals surface area contributed by atoms with Gasteiger partial charge in [-0.05, 0) is 13.0 Å². The lowest BCUT2D eigenvalue weighted by Crippen LogP contribution is -2.03. The molecule has 1 aromatic carbocycles. The average Bonchev–Trinajstić information content (AvgIpc) is 2.58. The number of fused-ring (bicyclic) bond motifs is 1. The summed E-state index contributed by atoms with van der Waals surface area (Å²) in [5, 5.41) is 10.2. The van der Waals surface area contributed by atoms with Crippen LogP contribution in [0.1, 0.15) is 17.3 Å². The van der Waals surface area contributed by atoms with Crippen LogP contribution >= 0.6 is 24.8 Å². The largest absolute Gasteiger partial charge is 0.462 e. The fraction of sp³-hybridized carbons (Fsp3) is 0.182. The van der Waals surface area contributed by atoms with Crippen molar-refractivity contribution in [1.29, 1.82) is 0 Å². The monoisotopic (exact) mass is 277 g/mol. The van der Waals surface area contributed by atoms with Crippen LogP contribution in [0.15, 0.2) is 30.5 Å². The van der Waals surface area contributed by atoms with Gasteiger partial charge in [-0.25, -0.2) is 4.79 Å². The molecule has 94 valence electrons. The minimum Gasteiger partial charge on any atom is -0.462 e. The summed E-state index contributed by atoms with van der Waals surface area (Å²) in [7, 11) is 0. The molecule has 4 nitrogen and oxygen atoms in total. The van der Waals surface area contributed by atoms with Crippen molar-refractivity contribution in [2.75, 3.05) is 6.61 Å². The zero-order valence-corrected chi connectivity index (χ0v) is 10.8. The third-order valence-electron chi connectivity index (χ3n) is 2.19.